The summed E-state index contributed by atoms with van der Waals surface area (Å²) in [6.45, 7) is 4.81. The quantitative estimate of drug-likeness (QED) is 0.750. The van der Waals surface area contributed by atoms with Crippen LogP contribution in [0.25, 0.3) is 0 Å². The lowest BCUT2D eigenvalue weighted by Gasteiger charge is -2.36. The van der Waals surface area contributed by atoms with E-state index in [1.807, 2.05) is 0 Å². The average Bonchev–Trinajstić information content (AvgIpc) is 2.48. The molecule has 0 bridgehead atoms. The van der Waals surface area contributed by atoms with Gasteiger partial charge in [-0.1, -0.05) is 36.4 Å². The van der Waals surface area contributed by atoms with E-state index in [0.29, 0.717) is 0 Å². The predicted molar refractivity (Wildman–Crippen MR) is 95.3 cm³/mol. The van der Waals surface area contributed by atoms with Crippen molar-refractivity contribution in [2.45, 2.75) is 24.3 Å². The third kappa shape index (κ3) is 2.67. The molecule has 1 aliphatic heterocycles. The Morgan fingerprint density at radius 3 is 1.55 bits per heavy atom. The van der Waals surface area contributed by atoms with Gasteiger partial charge in [-0.05, 0) is 38.1 Å². The molecule has 0 unspecified atom stereocenters. The van der Waals surface area contributed by atoms with E-state index in [9.17, 15) is 0 Å². The number of rotatable bonds is 2. The van der Waals surface area contributed by atoms with Crippen LogP contribution < -0.4 is 10.6 Å². The Morgan fingerprint density at radius 2 is 1.15 bits per heavy atom. The van der Waals surface area contributed by atoms with E-state index in [-0.39, 0.29) is 0 Å². The van der Waals surface area contributed by atoms with Gasteiger partial charge >= 0.3 is 0 Å². The highest BCUT2D eigenvalue weighted by Crippen LogP contribution is 2.62. The molecule has 1 fully saturated rings. The van der Waals surface area contributed by atoms with Gasteiger partial charge in [0.2, 0.25) is 0 Å². The Labute approximate surface area is 127 Å². The van der Waals surface area contributed by atoms with Crippen LogP contribution in [0.4, 0.5) is 0 Å². The van der Waals surface area contributed by atoms with Crippen LogP contribution in [-0.4, -0.2) is 22.8 Å². The molecular formula is C18H22PS+. The fourth-order valence-corrected chi connectivity index (χ4v) is 11.0. The second-order valence-corrected chi connectivity index (χ2v) is 11.3. The van der Waals surface area contributed by atoms with Crippen molar-refractivity contribution in [2.75, 3.05) is 12.3 Å². The normalized spacial score (nSPS) is 25.3. The Kier molecular flexibility index (Phi) is 4.19. The van der Waals surface area contributed by atoms with Crippen molar-refractivity contribution in [3.63, 3.8) is 0 Å². The van der Waals surface area contributed by atoms with E-state index < -0.39 is 7.26 Å². The first-order valence-corrected chi connectivity index (χ1v) is 10.4. The summed E-state index contributed by atoms with van der Waals surface area (Å²) in [7, 11) is -1.23. The molecule has 20 heavy (non-hydrogen) atoms. The lowest BCUT2D eigenvalue weighted by molar-refractivity contribution is 1.01. The van der Waals surface area contributed by atoms with Crippen LogP contribution in [0, 0.1) is 0 Å². The third-order valence-electron chi connectivity index (χ3n) is 4.10. The first-order valence-electron chi connectivity index (χ1n) is 7.34. The zero-order valence-corrected chi connectivity index (χ0v) is 13.9. The molecule has 2 atom stereocenters. The van der Waals surface area contributed by atoms with E-state index in [0.717, 1.165) is 10.5 Å². The Bertz CT molecular complexity index is 501. The van der Waals surface area contributed by atoms with Gasteiger partial charge < -0.3 is 0 Å². The molecule has 0 aliphatic carbocycles. The van der Waals surface area contributed by atoms with Crippen molar-refractivity contribution in [3.05, 3.63) is 60.7 Å². The van der Waals surface area contributed by atoms with Gasteiger partial charge in [-0.25, -0.2) is 0 Å². The number of hydrogen-bond donors (Lipinski definition) is 0. The SMILES string of the molecule is C[C@@H]1C[P+](c2ccccc2)(c2ccccc2)C[C@H](C)S1. The van der Waals surface area contributed by atoms with E-state index in [1.54, 1.807) is 10.6 Å². The molecule has 0 spiro atoms. The molecule has 1 saturated heterocycles. The van der Waals surface area contributed by atoms with Crippen molar-refractivity contribution in [1.82, 2.24) is 0 Å². The number of benzene rings is 2. The van der Waals surface area contributed by atoms with Crippen molar-refractivity contribution >= 4 is 29.6 Å². The summed E-state index contributed by atoms with van der Waals surface area (Å²) in [6, 6.07) is 22.5. The second-order valence-electron chi connectivity index (χ2n) is 5.76. The minimum atomic E-state index is -1.23. The van der Waals surface area contributed by atoms with E-state index in [1.165, 1.54) is 12.3 Å². The van der Waals surface area contributed by atoms with Gasteiger partial charge in [0.1, 0.15) is 0 Å². The fraction of sp³-hybridized carbons (Fsp3) is 0.333. The van der Waals surface area contributed by atoms with Gasteiger partial charge in [-0.15, -0.1) is 11.8 Å². The monoisotopic (exact) mass is 301 g/mol. The zero-order valence-electron chi connectivity index (χ0n) is 12.2. The molecule has 0 amide bonds. The van der Waals surface area contributed by atoms with Crippen LogP contribution in [0.1, 0.15) is 13.8 Å². The van der Waals surface area contributed by atoms with Crippen molar-refractivity contribution < 1.29 is 0 Å². The predicted octanol–water partition coefficient (Wildman–Crippen LogP) is 4.18. The van der Waals surface area contributed by atoms with Crippen molar-refractivity contribution in [3.8, 4) is 0 Å². The second kappa shape index (κ2) is 5.92. The molecule has 1 aliphatic rings. The highest BCUT2D eigenvalue weighted by Gasteiger charge is 2.48. The summed E-state index contributed by atoms with van der Waals surface area (Å²) in [6.07, 6.45) is 2.69. The Hall–Kier alpha value is -0.780. The third-order valence-corrected chi connectivity index (χ3v) is 10.8. The van der Waals surface area contributed by atoms with Gasteiger partial charge in [0.15, 0.2) is 0 Å². The molecule has 1 heterocycles. The van der Waals surface area contributed by atoms with Crippen LogP contribution in [0.2, 0.25) is 0 Å². The standard InChI is InChI=1S/C18H22PS/c1-15-13-19(14-16(2)20-15,17-9-5-3-6-10-17)18-11-7-4-8-12-18/h3-12,15-16H,13-14H2,1-2H3/q+1/t15-,16+. The van der Waals surface area contributed by atoms with Gasteiger partial charge in [0.05, 0.1) is 30.2 Å². The number of thioether (sulfide) groups is 1. The molecule has 2 aromatic rings. The smallest absolute Gasteiger partial charge is 0.0992 e. The minimum absolute atomic E-state index is 0.757. The Balaban J connectivity index is 2.13. The summed E-state index contributed by atoms with van der Waals surface area (Å²) in [5.74, 6) is 0. The fourth-order valence-electron chi connectivity index (χ4n) is 3.43. The summed E-state index contributed by atoms with van der Waals surface area (Å²) in [5, 5.41) is 4.69. The lowest BCUT2D eigenvalue weighted by Crippen LogP contribution is -2.37. The van der Waals surface area contributed by atoms with E-state index >= 15 is 0 Å². The van der Waals surface area contributed by atoms with Crippen LogP contribution in [0.5, 0.6) is 0 Å². The van der Waals surface area contributed by atoms with Crippen LogP contribution >= 0.6 is 19.0 Å². The van der Waals surface area contributed by atoms with Gasteiger partial charge in [-0.2, -0.15) is 0 Å². The maximum Gasteiger partial charge on any atom is 0.0992 e. The highest BCUT2D eigenvalue weighted by atomic mass is 32.2. The molecule has 3 rings (SSSR count). The minimum Gasteiger partial charge on any atom is -0.148 e. The summed E-state index contributed by atoms with van der Waals surface area (Å²) in [4.78, 5) is 0. The average molecular weight is 301 g/mol. The van der Waals surface area contributed by atoms with Crippen LogP contribution in [0.3, 0.4) is 0 Å². The summed E-state index contributed by atoms with van der Waals surface area (Å²) >= 11 is 2.16. The molecule has 2 heteroatoms. The van der Waals surface area contributed by atoms with Crippen LogP contribution in [0.15, 0.2) is 60.7 Å². The van der Waals surface area contributed by atoms with E-state index in [4.69, 9.17) is 0 Å². The van der Waals surface area contributed by atoms with Crippen molar-refractivity contribution in [2.24, 2.45) is 0 Å². The van der Waals surface area contributed by atoms with Crippen LogP contribution in [-0.2, 0) is 0 Å². The highest BCUT2D eigenvalue weighted by molar-refractivity contribution is 8.03. The maximum absolute atomic E-state index is 2.40. The van der Waals surface area contributed by atoms with Gasteiger partial charge in [0, 0.05) is 10.5 Å². The molecular weight excluding hydrogens is 279 g/mol. The first-order chi connectivity index (χ1) is 9.71. The largest absolute Gasteiger partial charge is 0.148 e. The lowest BCUT2D eigenvalue weighted by atomic mass is 10.4. The Morgan fingerprint density at radius 1 is 0.750 bits per heavy atom. The first kappa shape index (κ1) is 14.2. The van der Waals surface area contributed by atoms with E-state index in [2.05, 4.69) is 86.3 Å². The molecule has 0 saturated carbocycles. The topological polar surface area (TPSA) is 0 Å². The molecule has 2 aromatic carbocycles. The van der Waals surface area contributed by atoms with Gasteiger partial charge in [0.25, 0.3) is 0 Å². The molecule has 0 aromatic heterocycles. The maximum atomic E-state index is 2.40. The molecule has 104 valence electrons. The summed E-state index contributed by atoms with van der Waals surface area (Å²) < 4.78 is 0. The van der Waals surface area contributed by atoms with Crippen molar-refractivity contribution in [1.29, 1.82) is 0 Å². The molecule has 0 nitrogen and oxygen atoms in total. The molecule has 0 radical (unpaired) electrons. The number of hydrogen-bond acceptors (Lipinski definition) is 1. The molecule has 0 N–H and O–H groups in total. The summed E-state index contributed by atoms with van der Waals surface area (Å²) in [5.41, 5.74) is 0. The van der Waals surface area contributed by atoms with Gasteiger partial charge in [-0.3, -0.25) is 0 Å². The zero-order chi connectivity index (χ0) is 14.0.